The van der Waals surface area contributed by atoms with Gasteiger partial charge < -0.3 is 24.0 Å². The van der Waals surface area contributed by atoms with Crippen molar-refractivity contribution < 1.29 is 23.8 Å². The zero-order valence-electron chi connectivity index (χ0n) is 19.3. The van der Waals surface area contributed by atoms with Crippen LogP contribution < -0.4 is 9.47 Å². The molecule has 0 aromatic heterocycles. The highest BCUT2D eigenvalue weighted by Crippen LogP contribution is 2.34. The number of carbonyl (C=O) groups is 2. The van der Waals surface area contributed by atoms with Crippen molar-refractivity contribution in [1.29, 1.82) is 0 Å². The molecule has 1 unspecified atom stereocenters. The Bertz CT molecular complexity index is 824. The predicted molar refractivity (Wildman–Crippen MR) is 120 cm³/mol. The van der Waals surface area contributed by atoms with Crippen LogP contribution in [0.1, 0.15) is 30.4 Å². The van der Waals surface area contributed by atoms with Crippen molar-refractivity contribution >= 4 is 11.8 Å². The van der Waals surface area contributed by atoms with Crippen LogP contribution in [-0.2, 0) is 27.3 Å². The van der Waals surface area contributed by atoms with Gasteiger partial charge in [0.2, 0.25) is 11.8 Å². The van der Waals surface area contributed by atoms with Crippen molar-refractivity contribution in [2.45, 2.75) is 32.2 Å². The number of morpholine rings is 1. The van der Waals surface area contributed by atoms with Crippen LogP contribution in [0.4, 0.5) is 0 Å². The average Bonchev–Trinajstić information content (AvgIpc) is 2.84. The van der Waals surface area contributed by atoms with E-state index in [2.05, 4.69) is 4.90 Å². The summed E-state index contributed by atoms with van der Waals surface area (Å²) >= 11 is 0. The van der Waals surface area contributed by atoms with E-state index < -0.39 is 0 Å². The minimum atomic E-state index is -0.113. The topological polar surface area (TPSA) is 71.6 Å². The van der Waals surface area contributed by atoms with Gasteiger partial charge in [-0.15, -0.1) is 0 Å². The standard InChI is InChI=1S/C24H35N3O5/c1-30-21-14-18-6-9-27(17-20(18)15-22(21)31-2)24(29)19-4-5-23(28)26(16-19)8-3-7-25-10-12-32-13-11-25/h14-15,19H,3-13,16-17H2,1-2H3. The number of rotatable bonds is 7. The summed E-state index contributed by atoms with van der Waals surface area (Å²) in [4.78, 5) is 32.0. The summed E-state index contributed by atoms with van der Waals surface area (Å²) in [6, 6.07) is 4.00. The Morgan fingerprint density at radius 3 is 2.47 bits per heavy atom. The van der Waals surface area contributed by atoms with Gasteiger partial charge in [0, 0.05) is 52.2 Å². The van der Waals surface area contributed by atoms with Gasteiger partial charge in [-0.3, -0.25) is 14.5 Å². The first-order chi connectivity index (χ1) is 15.6. The van der Waals surface area contributed by atoms with Crippen molar-refractivity contribution in [1.82, 2.24) is 14.7 Å². The van der Waals surface area contributed by atoms with Gasteiger partial charge in [0.05, 0.1) is 33.4 Å². The minimum absolute atomic E-state index is 0.113. The number of hydrogen-bond donors (Lipinski definition) is 0. The van der Waals surface area contributed by atoms with Gasteiger partial charge in [0.1, 0.15) is 0 Å². The highest BCUT2D eigenvalue weighted by molar-refractivity contribution is 5.84. The van der Waals surface area contributed by atoms with Crippen LogP contribution in [-0.4, -0.2) is 93.2 Å². The lowest BCUT2D eigenvalue weighted by Gasteiger charge is -2.37. The van der Waals surface area contributed by atoms with Crippen LogP contribution in [0.5, 0.6) is 11.5 Å². The first-order valence-electron chi connectivity index (χ1n) is 11.7. The number of benzene rings is 1. The lowest BCUT2D eigenvalue weighted by Crippen LogP contribution is -2.48. The molecule has 0 bridgehead atoms. The molecule has 0 spiro atoms. The van der Waals surface area contributed by atoms with Gasteiger partial charge in [-0.2, -0.15) is 0 Å². The summed E-state index contributed by atoms with van der Waals surface area (Å²) in [5, 5.41) is 0. The third-order valence-electron chi connectivity index (χ3n) is 6.89. The molecule has 3 aliphatic rings. The second-order valence-electron chi connectivity index (χ2n) is 8.87. The van der Waals surface area contributed by atoms with E-state index >= 15 is 0 Å². The number of hydrogen-bond acceptors (Lipinski definition) is 6. The number of piperidine rings is 1. The largest absolute Gasteiger partial charge is 0.493 e. The number of carbonyl (C=O) groups excluding carboxylic acids is 2. The van der Waals surface area contributed by atoms with Crippen molar-refractivity contribution in [2.75, 3.05) is 66.7 Å². The fraction of sp³-hybridized carbons (Fsp3) is 0.667. The summed E-state index contributed by atoms with van der Waals surface area (Å²) in [5.74, 6) is 1.64. The molecule has 4 rings (SSSR count). The van der Waals surface area contributed by atoms with Gasteiger partial charge in [0.25, 0.3) is 0 Å². The zero-order chi connectivity index (χ0) is 22.5. The Hall–Kier alpha value is -2.32. The van der Waals surface area contributed by atoms with Crippen molar-refractivity contribution in [3.63, 3.8) is 0 Å². The number of fused-ring (bicyclic) bond motifs is 1. The molecule has 8 heteroatoms. The highest BCUT2D eigenvalue weighted by Gasteiger charge is 2.34. The molecule has 2 saturated heterocycles. The Morgan fingerprint density at radius 2 is 1.75 bits per heavy atom. The molecule has 3 aliphatic heterocycles. The predicted octanol–water partition coefficient (Wildman–Crippen LogP) is 1.55. The van der Waals surface area contributed by atoms with Gasteiger partial charge in [-0.05, 0) is 42.5 Å². The normalized spacial score (nSPS) is 21.9. The number of amides is 2. The zero-order valence-corrected chi connectivity index (χ0v) is 19.3. The summed E-state index contributed by atoms with van der Waals surface area (Å²) in [6.07, 6.45) is 2.85. The average molecular weight is 446 g/mol. The van der Waals surface area contributed by atoms with Crippen LogP contribution in [0.3, 0.4) is 0 Å². The molecule has 0 radical (unpaired) electrons. The van der Waals surface area contributed by atoms with Gasteiger partial charge >= 0.3 is 0 Å². The van der Waals surface area contributed by atoms with E-state index in [4.69, 9.17) is 14.2 Å². The second kappa shape index (κ2) is 10.5. The van der Waals surface area contributed by atoms with Gasteiger partial charge in [-0.1, -0.05) is 0 Å². The minimum Gasteiger partial charge on any atom is -0.493 e. The van der Waals surface area contributed by atoms with Crippen LogP contribution in [0.2, 0.25) is 0 Å². The monoisotopic (exact) mass is 445 g/mol. The Labute approximate surface area is 190 Å². The molecule has 1 aromatic rings. The highest BCUT2D eigenvalue weighted by atomic mass is 16.5. The molecule has 32 heavy (non-hydrogen) atoms. The first kappa shape index (κ1) is 22.9. The maximum Gasteiger partial charge on any atom is 0.227 e. The van der Waals surface area contributed by atoms with Gasteiger partial charge in [0.15, 0.2) is 11.5 Å². The number of likely N-dealkylation sites (tertiary alicyclic amines) is 1. The third kappa shape index (κ3) is 5.18. The molecule has 3 heterocycles. The van der Waals surface area contributed by atoms with Crippen LogP contribution in [0.15, 0.2) is 12.1 Å². The smallest absolute Gasteiger partial charge is 0.227 e. The Balaban J connectivity index is 1.33. The van der Waals surface area contributed by atoms with Crippen molar-refractivity contribution in [3.8, 4) is 11.5 Å². The van der Waals surface area contributed by atoms with Crippen LogP contribution >= 0.6 is 0 Å². The molecule has 1 atom stereocenters. The van der Waals surface area contributed by atoms with Crippen LogP contribution in [0, 0.1) is 5.92 Å². The van der Waals surface area contributed by atoms with E-state index in [0.29, 0.717) is 38.2 Å². The lowest BCUT2D eigenvalue weighted by molar-refractivity contribution is -0.143. The molecular formula is C24H35N3O5. The van der Waals surface area contributed by atoms with E-state index in [9.17, 15) is 9.59 Å². The van der Waals surface area contributed by atoms with E-state index in [0.717, 1.165) is 63.5 Å². The molecule has 176 valence electrons. The van der Waals surface area contributed by atoms with E-state index in [1.54, 1.807) is 14.2 Å². The van der Waals surface area contributed by atoms with Crippen molar-refractivity contribution in [2.24, 2.45) is 5.92 Å². The van der Waals surface area contributed by atoms with E-state index in [1.807, 2.05) is 21.9 Å². The maximum absolute atomic E-state index is 13.3. The molecule has 8 nitrogen and oxygen atoms in total. The molecule has 0 N–H and O–H groups in total. The lowest BCUT2D eigenvalue weighted by atomic mass is 9.93. The number of ether oxygens (including phenoxy) is 3. The number of methoxy groups -OCH3 is 2. The fourth-order valence-corrected chi connectivity index (χ4v) is 4.97. The Morgan fingerprint density at radius 1 is 1.03 bits per heavy atom. The molecule has 2 amide bonds. The summed E-state index contributed by atoms with van der Waals surface area (Å²) in [7, 11) is 3.27. The molecule has 2 fully saturated rings. The number of nitrogens with zero attached hydrogens (tertiary/aromatic N) is 3. The van der Waals surface area contributed by atoms with E-state index in [1.165, 1.54) is 5.56 Å². The summed E-state index contributed by atoms with van der Waals surface area (Å²) in [6.45, 7) is 7.01. The summed E-state index contributed by atoms with van der Waals surface area (Å²) in [5.41, 5.74) is 2.31. The van der Waals surface area contributed by atoms with E-state index in [-0.39, 0.29) is 17.7 Å². The molecule has 0 saturated carbocycles. The molecular weight excluding hydrogens is 410 g/mol. The molecule has 0 aliphatic carbocycles. The second-order valence-corrected chi connectivity index (χ2v) is 8.87. The van der Waals surface area contributed by atoms with Crippen molar-refractivity contribution in [3.05, 3.63) is 23.3 Å². The van der Waals surface area contributed by atoms with Crippen LogP contribution in [0.25, 0.3) is 0 Å². The van der Waals surface area contributed by atoms with Gasteiger partial charge in [-0.25, -0.2) is 0 Å². The SMILES string of the molecule is COc1cc2c(cc1OC)CN(C(=O)C1CCC(=O)N(CCCN3CCOCC3)C1)CC2. The first-order valence-corrected chi connectivity index (χ1v) is 11.7. The fourth-order valence-electron chi connectivity index (χ4n) is 4.97. The Kier molecular flexibility index (Phi) is 7.52. The molecule has 1 aromatic carbocycles. The third-order valence-corrected chi connectivity index (χ3v) is 6.89. The quantitative estimate of drug-likeness (QED) is 0.634. The summed E-state index contributed by atoms with van der Waals surface area (Å²) < 4.78 is 16.2. The maximum atomic E-state index is 13.3.